The molecule has 1 heterocycles. The molecular weight excluding hydrogens is 305 g/mol. The molecule has 1 atom stereocenters. The van der Waals surface area contributed by atoms with Crippen molar-refractivity contribution in [3.63, 3.8) is 0 Å². The number of halogens is 2. The average molecular weight is 320 g/mol. The smallest absolute Gasteiger partial charge is 0.217 e. The van der Waals surface area contributed by atoms with Gasteiger partial charge < -0.3 is 10.1 Å². The SMILES string of the molecule is CC(=O)NC[C@H]1Cc2ccc(F)c(-c3ccccc3Cl)c2O1. The van der Waals surface area contributed by atoms with Crippen LogP contribution in [0.1, 0.15) is 12.5 Å². The molecule has 1 N–H and O–H groups in total. The lowest BCUT2D eigenvalue weighted by atomic mass is 10.00. The third-order valence-corrected chi connectivity index (χ3v) is 3.97. The Bertz CT molecular complexity index is 733. The van der Waals surface area contributed by atoms with Crippen LogP contribution in [0.25, 0.3) is 11.1 Å². The van der Waals surface area contributed by atoms with E-state index in [1.54, 1.807) is 24.3 Å². The van der Waals surface area contributed by atoms with Gasteiger partial charge in [0.15, 0.2) is 0 Å². The van der Waals surface area contributed by atoms with E-state index in [9.17, 15) is 9.18 Å². The fourth-order valence-electron chi connectivity index (χ4n) is 2.64. The molecule has 1 aliphatic rings. The number of carbonyl (C=O) groups is 1. The molecule has 22 heavy (non-hydrogen) atoms. The van der Waals surface area contributed by atoms with Crippen LogP contribution in [-0.4, -0.2) is 18.6 Å². The van der Waals surface area contributed by atoms with Crippen molar-refractivity contribution < 1.29 is 13.9 Å². The van der Waals surface area contributed by atoms with Crippen molar-refractivity contribution in [2.75, 3.05) is 6.54 Å². The van der Waals surface area contributed by atoms with Crippen LogP contribution in [0.3, 0.4) is 0 Å². The number of amides is 1. The highest BCUT2D eigenvalue weighted by atomic mass is 35.5. The zero-order valence-electron chi connectivity index (χ0n) is 12.0. The molecule has 0 spiro atoms. The molecular formula is C17H15ClFNO2. The van der Waals surface area contributed by atoms with Crippen LogP contribution in [-0.2, 0) is 11.2 Å². The van der Waals surface area contributed by atoms with E-state index in [0.29, 0.717) is 34.9 Å². The number of ether oxygens (including phenoxy) is 1. The Hall–Kier alpha value is -2.07. The molecule has 3 rings (SSSR count). The molecule has 0 aliphatic carbocycles. The number of rotatable bonds is 3. The zero-order chi connectivity index (χ0) is 15.7. The van der Waals surface area contributed by atoms with Crippen LogP contribution in [0.5, 0.6) is 5.75 Å². The molecule has 1 amide bonds. The molecule has 0 unspecified atom stereocenters. The summed E-state index contributed by atoms with van der Waals surface area (Å²) in [6.07, 6.45) is 0.440. The van der Waals surface area contributed by atoms with Gasteiger partial charge in [-0.2, -0.15) is 0 Å². The van der Waals surface area contributed by atoms with Gasteiger partial charge in [0.1, 0.15) is 17.7 Å². The molecule has 0 saturated carbocycles. The molecule has 0 radical (unpaired) electrons. The Kier molecular flexibility index (Phi) is 4.03. The topological polar surface area (TPSA) is 38.3 Å². The largest absolute Gasteiger partial charge is 0.487 e. The second-order valence-electron chi connectivity index (χ2n) is 5.27. The van der Waals surface area contributed by atoms with Crippen LogP contribution >= 0.6 is 11.6 Å². The lowest BCUT2D eigenvalue weighted by Gasteiger charge is -2.14. The van der Waals surface area contributed by atoms with Crippen molar-refractivity contribution in [2.45, 2.75) is 19.4 Å². The third-order valence-electron chi connectivity index (χ3n) is 3.64. The van der Waals surface area contributed by atoms with Gasteiger partial charge in [0.25, 0.3) is 0 Å². The highest BCUT2D eigenvalue weighted by molar-refractivity contribution is 6.33. The Morgan fingerprint density at radius 1 is 1.36 bits per heavy atom. The van der Waals surface area contributed by atoms with E-state index in [1.165, 1.54) is 13.0 Å². The summed E-state index contributed by atoms with van der Waals surface area (Å²) in [6, 6.07) is 10.3. The summed E-state index contributed by atoms with van der Waals surface area (Å²) in [5, 5.41) is 3.20. The van der Waals surface area contributed by atoms with Gasteiger partial charge in [-0.25, -0.2) is 4.39 Å². The summed E-state index contributed by atoms with van der Waals surface area (Å²) < 4.78 is 20.2. The Morgan fingerprint density at radius 2 is 2.14 bits per heavy atom. The van der Waals surface area contributed by atoms with Gasteiger partial charge in [-0.15, -0.1) is 0 Å². The lowest BCUT2D eigenvalue weighted by Crippen LogP contribution is -2.32. The number of nitrogens with one attached hydrogen (secondary N) is 1. The summed E-state index contributed by atoms with van der Waals surface area (Å²) in [7, 11) is 0. The van der Waals surface area contributed by atoms with Gasteiger partial charge in [-0.3, -0.25) is 4.79 Å². The molecule has 114 valence electrons. The maximum Gasteiger partial charge on any atom is 0.217 e. The first-order valence-corrected chi connectivity index (χ1v) is 7.41. The van der Waals surface area contributed by atoms with Crippen LogP contribution in [0, 0.1) is 5.82 Å². The van der Waals surface area contributed by atoms with Crippen LogP contribution < -0.4 is 10.1 Å². The number of carbonyl (C=O) groups excluding carboxylic acids is 1. The van der Waals surface area contributed by atoms with Crippen LogP contribution in [0.4, 0.5) is 4.39 Å². The fraction of sp³-hybridized carbons (Fsp3) is 0.235. The van der Waals surface area contributed by atoms with E-state index in [1.807, 2.05) is 6.07 Å². The maximum atomic E-state index is 14.3. The standard InChI is InChI=1S/C17H15ClFNO2/c1-10(21)20-9-12-8-11-6-7-15(19)16(17(11)22-12)13-4-2-3-5-14(13)18/h2-7,12H,8-9H2,1H3,(H,20,21)/t12-/m1/s1. The number of hydrogen-bond donors (Lipinski definition) is 1. The van der Waals surface area contributed by atoms with E-state index in [4.69, 9.17) is 16.3 Å². The van der Waals surface area contributed by atoms with Gasteiger partial charge in [0.2, 0.25) is 5.91 Å². The zero-order valence-corrected chi connectivity index (χ0v) is 12.8. The van der Waals surface area contributed by atoms with Crippen molar-refractivity contribution in [3.05, 3.63) is 52.8 Å². The minimum atomic E-state index is -0.368. The molecule has 2 aromatic rings. The molecule has 0 bridgehead atoms. The lowest BCUT2D eigenvalue weighted by molar-refractivity contribution is -0.119. The van der Waals surface area contributed by atoms with E-state index in [2.05, 4.69) is 5.32 Å². The highest BCUT2D eigenvalue weighted by Gasteiger charge is 2.28. The van der Waals surface area contributed by atoms with Crippen molar-refractivity contribution in [1.29, 1.82) is 0 Å². The molecule has 2 aromatic carbocycles. The molecule has 0 aromatic heterocycles. The Balaban J connectivity index is 1.97. The molecule has 1 aliphatic heterocycles. The third kappa shape index (κ3) is 2.79. The van der Waals surface area contributed by atoms with E-state index in [0.717, 1.165) is 5.56 Å². The minimum absolute atomic E-state index is 0.114. The van der Waals surface area contributed by atoms with E-state index in [-0.39, 0.29) is 17.8 Å². The normalized spacial score (nSPS) is 16.0. The average Bonchev–Trinajstić information content (AvgIpc) is 2.89. The molecule has 3 nitrogen and oxygen atoms in total. The first-order chi connectivity index (χ1) is 10.6. The van der Waals surface area contributed by atoms with Crippen LogP contribution in [0.2, 0.25) is 5.02 Å². The second-order valence-corrected chi connectivity index (χ2v) is 5.68. The van der Waals surface area contributed by atoms with Gasteiger partial charge >= 0.3 is 0 Å². The fourth-order valence-corrected chi connectivity index (χ4v) is 2.87. The van der Waals surface area contributed by atoms with Crippen molar-refractivity contribution in [2.24, 2.45) is 0 Å². The van der Waals surface area contributed by atoms with Crippen molar-refractivity contribution in [3.8, 4) is 16.9 Å². The van der Waals surface area contributed by atoms with E-state index < -0.39 is 0 Å². The Labute approximate surface area is 133 Å². The number of benzene rings is 2. The summed E-state index contributed by atoms with van der Waals surface area (Å²) in [4.78, 5) is 11.0. The predicted octanol–water partition coefficient (Wildman–Crippen LogP) is 3.59. The predicted molar refractivity (Wildman–Crippen MR) is 83.6 cm³/mol. The molecule has 5 heteroatoms. The van der Waals surface area contributed by atoms with E-state index >= 15 is 0 Å². The second kappa shape index (κ2) is 5.97. The molecule has 0 saturated heterocycles. The summed E-state index contributed by atoms with van der Waals surface area (Å²) >= 11 is 6.19. The first-order valence-electron chi connectivity index (χ1n) is 7.03. The van der Waals surface area contributed by atoms with Crippen LogP contribution in [0.15, 0.2) is 36.4 Å². The number of fused-ring (bicyclic) bond motifs is 1. The van der Waals surface area contributed by atoms with Gasteiger partial charge in [-0.1, -0.05) is 35.9 Å². The summed E-state index contributed by atoms with van der Waals surface area (Å²) in [5.74, 6) is 0.0348. The monoisotopic (exact) mass is 319 g/mol. The highest BCUT2D eigenvalue weighted by Crippen LogP contribution is 2.42. The number of hydrogen-bond acceptors (Lipinski definition) is 2. The maximum absolute atomic E-state index is 14.3. The quantitative estimate of drug-likeness (QED) is 0.939. The van der Waals surface area contributed by atoms with Crippen molar-refractivity contribution >= 4 is 17.5 Å². The summed E-state index contributed by atoms with van der Waals surface area (Å²) in [5.41, 5.74) is 1.92. The Morgan fingerprint density at radius 3 is 2.86 bits per heavy atom. The van der Waals surface area contributed by atoms with Crippen molar-refractivity contribution in [1.82, 2.24) is 5.32 Å². The summed E-state index contributed by atoms with van der Waals surface area (Å²) in [6.45, 7) is 1.85. The van der Waals surface area contributed by atoms with Gasteiger partial charge in [0, 0.05) is 23.9 Å². The molecule has 0 fully saturated rings. The van der Waals surface area contributed by atoms with Gasteiger partial charge in [-0.05, 0) is 17.7 Å². The first kappa shape index (κ1) is 14.9. The minimum Gasteiger partial charge on any atom is -0.487 e. The van der Waals surface area contributed by atoms with Gasteiger partial charge in [0.05, 0.1) is 12.1 Å².